The van der Waals surface area contributed by atoms with Crippen molar-refractivity contribution < 1.29 is 26.2 Å². The maximum atomic E-state index is 3.72. The summed E-state index contributed by atoms with van der Waals surface area (Å²) in [6, 6.07) is 9.87. The molecule has 2 aliphatic carbocycles. The van der Waals surface area contributed by atoms with Crippen LogP contribution in [0, 0.1) is 19.1 Å². The molecule has 1 aromatic rings. The summed E-state index contributed by atoms with van der Waals surface area (Å²) < 4.78 is 0. The van der Waals surface area contributed by atoms with Crippen LogP contribution in [0.15, 0.2) is 66.8 Å². The Labute approximate surface area is 158 Å². The van der Waals surface area contributed by atoms with Gasteiger partial charge in [0, 0.05) is 8.80 Å². The van der Waals surface area contributed by atoms with Crippen molar-refractivity contribution in [3.8, 4) is 0 Å². The van der Waals surface area contributed by atoms with Crippen LogP contribution in [0.2, 0.25) is 19.6 Å². The summed E-state index contributed by atoms with van der Waals surface area (Å²) in [7, 11) is 0.120. The van der Waals surface area contributed by atoms with Gasteiger partial charge in [-0.3, -0.25) is 12.2 Å². The number of benzene rings is 1. The van der Waals surface area contributed by atoms with Gasteiger partial charge in [0.25, 0.3) is 0 Å². The number of allylic oxidation sites excluding steroid dienone is 8. The molecule has 0 heterocycles. The number of rotatable bonds is 0. The predicted molar refractivity (Wildman–Crippen MR) is 97.4 cm³/mol. The van der Waals surface area contributed by atoms with E-state index in [2.05, 4.69) is 50.9 Å². The predicted octanol–water partition coefficient (Wildman–Crippen LogP) is 5.85. The first-order chi connectivity index (χ1) is 10.1. The summed E-state index contributed by atoms with van der Waals surface area (Å²) >= 11 is 0. The molecule has 0 nitrogen and oxygen atoms in total. The van der Waals surface area contributed by atoms with Crippen molar-refractivity contribution in [3.63, 3.8) is 0 Å². The molecule has 0 amide bonds. The van der Waals surface area contributed by atoms with Crippen molar-refractivity contribution in [1.82, 2.24) is 0 Å². The van der Waals surface area contributed by atoms with E-state index in [4.69, 9.17) is 0 Å². The molecule has 0 fully saturated rings. The quantitative estimate of drug-likeness (QED) is 0.388. The molecule has 0 N–H and O–H groups in total. The zero-order valence-corrected chi connectivity index (χ0v) is 17.4. The van der Waals surface area contributed by atoms with Crippen LogP contribution < -0.4 is 0 Å². The first-order valence-electron chi connectivity index (χ1n) is 7.20. The number of hydrogen-bond acceptors (Lipinski definition) is 0. The monoisotopic (exact) mass is 384 g/mol. The molecule has 2 radical (unpaired) electrons. The van der Waals surface area contributed by atoms with Gasteiger partial charge in [0.15, 0.2) is 0 Å². The fourth-order valence-electron chi connectivity index (χ4n) is 1.16. The van der Waals surface area contributed by atoms with E-state index in [1.807, 2.05) is 54.6 Å². The zero-order chi connectivity index (χ0) is 15.8. The molecule has 22 heavy (non-hydrogen) atoms. The van der Waals surface area contributed by atoms with Gasteiger partial charge in [-0.1, -0.05) is 25.7 Å². The van der Waals surface area contributed by atoms with Crippen LogP contribution >= 0.6 is 0 Å². The van der Waals surface area contributed by atoms with Gasteiger partial charge in [0.1, 0.15) is 0 Å². The minimum absolute atomic E-state index is 0. The second-order valence-electron chi connectivity index (χ2n) is 4.99. The molecule has 0 unspecified atom stereocenters. The van der Waals surface area contributed by atoms with Crippen molar-refractivity contribution in [2.24, 2.45) is 0 Å². The van der Waals surface area contributed by atoms with E-state index in [9.17, 15) is 0 Å². The molecule has 0 bridgehead atoms. The van der Waals surface area contributed by atoms with Gasteiger partial charge in [-0.25, -0.2) is 24.3 Å². The molecule has 1 aromatic carbocycles. The van der Waals surface area contributed by atoms with E-state index in [0.717, 1.165) is 18.4 Å². The van der Waals surface area contributed by atoms with Crippen LogP contribution in [0.3, 0.4) is 0 Å². The van der Waals surface area contributed by atoms with Gasteiger partial charge in [0.2, 0.25) is 0 Å². The molecule has 3 rings (SSSR count). The Morgan fingerprint density at radius 1 is 0.864 bits per heavy atom. The molecular weight excluding hydrogens is 360 g/mol. The van der Waals surface area contributed by atoms with Crippen molar-refractivity contribution in [2.45, 2.75) is 32.5 Å². The molecule has 0 atom stereocenters. The summed E-state index contributed by atoms with van der Waals surface area (Å²) in [5.74, 6) is 0. The number of hydrogen-bond donors (Lipinski definition) is 0. The third-order valence-corrected chi connectivity index (χ3v) is 2.01. The molecule has 0 spiro atoms. The van der Waals surface area contributed by atoms with E-state index in [0.29, 0.717) is 0 Å². The largest absolute Gasteiger partial charge is 3.00 e. The molecular formula is C20H26SiZr. The topological polar surface area (TPSA) is 0 Å². The van der Waals surface area contributed by atoms with E-state index in [1.54, 1.807) is 0 Å². The smallest absolute Gasteiger partial charge is 0.273 e. The van der Waals surface area contributed by atoms with Crippen LogP contribution in [0.25, 0.3) is 0 Å². The fraction of sp³-hybridized carbons (Fsp3) is 0.250. The SMILES string of the molecule is C[Si](C)C.[C-]1=CC=CC1.[C-]1=CC=CC1.[CH2-]c1ccccc1.[Zr+3]. The summed E-state index contributed by atoms with van der Waals surface area (Å²) in [4.78, 5) is 0. The molecule has 0 aromatic heterocycles. The van der Waals surface area contributed by atoms with Crippen molar-refractivity contribution in [2.75, 3.05) is 0 Å². The molecule has 114 valence electrons. The van der Waals surface area contributed by atoms with Gasteiger partial charge >= 0.3 is 26.2 Å². The molecule has 0 saturated heterocycles. The van der Waals surface area contributed by atoms with Gasteiger partial charge in [-0.2, -0.15) is 36.8 Å². The zero-order valence-electron chi connectivity index (χ0n) is 14.0. The molecule has 2 aliphatic rings. The average Bonchev–Trinajstić information content (AvgIpc) is 3.18. The summed E-state index contributed by atoms with van der Waals surface area (Å²) in [5, 5.41) is 0. The average molecular weight is 386 g/mol. The molecule has 0 aliphatic heterocycles. The summed E-state index contributed by atoms with van der Waals surface area (Å²) in [5.41, 5.74) is 1.07. The van der Waals surface area contributed by atoms with Crippen molar-refractivity contribution >= 4 is 8.80 Å². The maximum Gasteiger partial charge on any atom is 3.00 e. The van der Waals surface area contributed by atoms with E-state index in [-0.39, 0.29) is 35.0 Å². The minimum Gasteiger partial charge on any atom is -0.273 e. The van der Waals surface area contributed by atoms with Gasteiger partial charge in [0.05, 0.1) is 0 Å². The summed E-state index contributed by atoms with van der Waals surface area (Å²) in [6.07, 6.45) is 20.0. The Morgan fingerprint density at radius 3 is 1.41 bits per heavy atom. The summed E-state index contributed by atoms with van der Waals surface area (Å²) in [6.45, 7) is 10.5. The van der Waals surface area contributed by atoms with Crippen molar-refractivity contribution in [1.29, 1.82) is 0 Å². The fourth-order valence-corrected chi connectivity index (χ4v) is 1.16. The van der Waals surface area contributed by atoms with Crippen LogP contribution in [0.1, 0.15) is 18.4 Å². The van der Waals surface area contributed by atoms with E-state index >= 15 is 0 Å². The Kier molecular flexibility index (Phi) is 19.4. The standard InChI is InChI=1S/C7H7.2C5H5.C3H9Si.Zr/c1-7-5-3-2-4-6-7;2*1-2-4-5-3-1;1-4(2)3;/h2-6H,1H2;2*1-3H,4H2;1-3H3;/q3*-1;;+3. The first-order valence-corrected chi connectivity index (χ1v) is 10.2. The van der Waals surface area contributed by atoms with Crippen LogP contribution in [-0.2, 0) is 26.2 Å². The van der Waals surface area contributed by atoms with Crippen molar-refractivity contribution in [3.05, 3.63) is 91.4 Å². The van der Waals surface area contributed by atoms with Crippen LogP contribution in [-0.4, -0.2) is 8.80 Å². The van der Waals surface area contributed by atoms with Crippen LogP contribution in [0.4, 0.5) is 0 Å². The van der Waals surface area contributed by atoms with Gasteiger partial charge in [-0.05, 0) is 0 Å². The Balaban J connectivity index is 0. The minimum atomic E-state index is 0. The molecule has 2 heteroatoms. The normalized spacial score (nSPS) is 12.4. The van der Waals surface area contributed by atoms with E-state index < -0.39 is 0 Å². The van der Waals surface area contributed by atoms with Gasteiger partial charge < -0.3 is 0 Å². The first kappa shape index (κ1) is 23.4. The Morgan fingerprint density at radius 2 is 1.27 bits per heavy atom. The molecule has 0 saturated carbocycles. The van der Waals surface area contributed by atoms with Gasteiger partial charge in [-0.15, -0.1) is 25.0 Å². The second-order valence-corrected chi connectivity index (χ2v) is 7.99. The maximum absolute atomic E-state index is 3.72. The Bertz CT molecular complexity index is 397. The third kappa shape index (κ3) is 21.4. The third-order valence-electron chi connectivity index (χ3n) is 2.01. The van der Waals surface area contributed by atoms with Crippen LogP contribution in [0.5, 0.6) is 0 Å². The second kappa shape index (κ2) is 18.2. The Hall–Kier alpha value is -0.850. The van der Waals surface area contributed by atoms with E-state index in [1.165, 1.54) is 0 Å².